The normalized spacial score (nSPS) is 10.9. The average Bonchev–Trinajstić information content (AvgIpc) is 2.45. The van der Waals surface area contributed by atoms with Crippen molar-refractivity contribution in [3.05, 3.63) is 34.9 Å². The molecule has 0 bridgehead atoms. The van der Waals surface area contributed by atoms with Crippen LogP contribution in [-0.4, -0.2) is 37.0 Å². The van der Waals surface area contributed by atoms with Gasteiger partial charge in [0.1, 0.15) is 0 Å². The molecule has 0 saturated carbocycles. The molecule has 0 radical (unpaired) electrons. The summed E-state index contributed by atoms with van der Waals surface area (Å²) < 4.78 is 0. The van der Waals surface area contributed by atoms with Gasteiger partial charge in [0.2, 0.25) is 5.91 Å². The molecule has 4 heteroatoms. The number of nitrogens with zero attached hydrogens (tertiary/aromatic N) is 1. The first kappa shape index (κ1) is 18.0. The van der Waals surface area contributed by atoms with Gasteiger partial charge in [-0.05, 0) is 50.0 Å². The first-order chi connectivity index (χ1) is 10.2. The molecule has 1 amide bonds. The lowest BCUT2D eigenvalue weighted by Gasteiger charge is -2.20. The van der Waals surface area contributed by atoms with Gasteiger partial charge in [0, 0.05) is 24.5 Å². The SMILES string of the molecule is CCCN(CCC)CCC(=O)NCCc1cccc(Cl)c1. The highest BCUT2D eigenvalue weighted by Crippen LogP contribution is 2.10. The Labute approximate surface area is 133 Å². The van der Waals surface area contributed by atoms with Gasteiger partial charge in [0.25, 0.3) is 0 Å². The Morgan fingerprint density at radius 3 is 2.52 bits per heavy atom. The van der Waals surface area contributed by atoms with Crippen molar-refractivity contribution >= 4 is 17.5 Å². The third-order valence-corrected chi connectivity index (χ3v) is 3.59. The average molecular weight is 311 g/mol. The number of hydrogen-bond acceptors (Lipinski definition) is 2. The molecule has 21 heavy (non-hydrogen) atoms. The summed E-state index contributed by atoms with van der Waals surface area (Å²) in [6.07, 6.45) is 3.67. The van der Waals surface area contributed by atoms with Crippen LogP contribution < -0.4 is 5.32 Å². The minimum atomic E-state index is 0.134. The Balaban J connectivity index is 2.21. The molecule has 0 aliphatic rings. The number of carbonyl (C=O) groups excluding carboxylic acids is 1. The first-order valence-electron chi connectivity index (χ1n) is 7.89. The number of carbonyl (C=O) groups is 1. The topological polar surface area (TPSA) is 32.3 Å². The fraction of sp³-hybridized carbons (Fsp3) is 0.588. The summed E-state index contributed by atoms with van der Waals surface area (Å²) in [5.41, 5.74) is 1.15. The smallest absolute Gasteiger partial charge is 0.221 e. The van der Waals surface area contributed by atoms with Gasteiger partial charge >= 0.3 is 0 Å². The van der Waals surface area contributed by atoms with Crippen LogP contribution in [0.2, 0.25) is 5.02 Å². The molecular weight excluding hydrogens is 284 g/mol. The van der Waals surface area contributed by atoms with E-state index in [-0.39, 0.29) is 5.91 Å². The second-order valence-corrected chi connectivity index (χ2v) is 5.76. The number of nitrogens with one attached hydrogen (secondary N) is 1. The first-order valence-corrected chi connectivity index (χ1v) is 8.27. The van der Waals surface area contributed by atoms with E-state index in [2.05, 4.69) is 24.1 Å². The van der Waals surface area contributed by atoms with Crippen LogP contribution in [0.4, 0.5) is 0 Å². The molecule has 0 atom stereocenters. The largest absolute Gasteiger partial charge is 0.356 e. The molecule has 0 aromatic heterocycles. The summed E-state index contributed by atoms with van der Waals surface area (Å²) in [5, 5.41) is 3.73. The quantitative estimate of drug-likeness (QED) is 0.717. The van der Waals surface area contributed by atoms with E-state index in [9.17, 15) is 4.79 Å². The van der Waals surface area contributed by atoms with Crippen molar-refractivity contribution in [2.45, 2.75) is 39.5 Å². The van der Waals surface area contributed by atoms with Gasteiger partial charge in [-0.25, -0.2) is 0 Å². The Bertz CT molecular complexity index is 417. The van der Waals surface area contributed by atoms with Crippen molar-refractivity contribution in [3.63, 3.8) is 0 Å². The van der Waals surface area contributed by atoms with Crippen molar-refractivity contribution in [3.8, 4) is 0 Å². The van der Waals surface area contributed by atoms with Crippen LogP contribution in [0.5, 0.6) is 0 Å². The van der Waals surface area contributed by atoms with Crippen LogP contribution in [0.1, 0.15) is 38.7 Å². The Morgan fingerprint density at radius 1 is 1.19 bits per heavy atom. The number of rotatable bonds is 10. The van der Waals surface area contributed by atoms with Crippen LogP contribution in [0.3, 0.4) is 0 Å². The fourth-order valence-corrected chi connectivity index (χ4v) is 2.57. The van der Waals surface area contributed by atoms with Gasteiger partial charge in [0.15, 0.2) is 0 Å². The third kappa shape index (κ3) is 8.08. The summed E-state index contributed by atoms with van der Waals surface area (Å²) in [5.74, 6) is 0.134. The molecule has 0 saturated heterocycles. The van der Waals surface area contributed by atoms with Crippen LogP contribution in [0.15, 0.2) is 24.3 Å². The molecule has 1 aromatic carbocycles. The summed E-state index contributed by atoms with van der Waals surface area (Å²) in [6.45, 7) is 8.01. The van der Waals surface area contributed by atoms with E-state index in [1.54, 1.807) is 0 Å². The van der Waals surface area contributed by atoms with Crippen molar-refractivity contribution in [2.24, 2.45) is 0 Å². The minimum absolute atomic E-state index is 0.134. The van der Waals surface area contributed by atoms with E-state index in [0.717, 1.165) is 49.5 Å². The summed E-state index contributed by atoms with van der Waals surface area (Å²) >= 11 is 5.94. The highest BCUT2D eigenvalue weighted by molar-refractivity contribution is 6.30. The van der Waals surface area contributed by atoms with Crippen LogP contribution in [-0.2, 0) is 11.2 Å². The van der Waals surface area contributed by atoms with Gasteiger partial charge in [-0.1, -0.05) is 37.6 Å². The Morgan fingerprint density at radius 2 is 1.90 bits per heavy atom. The molecule has 1 aromatic rings. The molecule has 0 fully saturated rings. The minimum Gasteiger partial charge on any atom is -0.356 e. The van der Waals surface area contributed by atoms with Gasteiger partial charge in [-0.2, -0.15) is 0 Å². The van der Waals surface area contributed by atoms with E-state index in [1.807, 2.05) is 24.3 Å². The van der Waals surface area contributed by atoms with Crippen LogP contribution in [0, 0.1) is 0 Å². The number of benzene rings is 1. The third-order valence-electron chi connectivity index (χ3n) is 3.36. The van der Waals surface area contributed by atoms with Crippen molar-refractivity contribution in [1.82, 2.24) is 10.2 Å². The number of amides is 1. The predicted octanol–water partition coefficient (Wildman–Crippen LogP) is 3.51. The lowest BCUT2D eigenvalue weighted by molar-refractivity contribution is -0.121. The van der Waals surface area contributed by atoms with Gasteiger partial charge in [-0.15, -0.1) is 0 Å². The van der Waals surface area contributed by atoms with E-state index < -0.39 is 0 Å². The highest BCUT2D eigenvalue weighted by atomic mass is 35.5. The highest BCUT2D eigenvalue weighted by Gasteiger charge is 2.06. The molecule has 0 aliphatic heterocycles. The van der Waals surface area contributed by atoms with E-state index in [4.69, 9.17) is 11.6 Å². The van der Waals surface area contributed by atoms with E-state index in [0.29, 0.717) is 13.0 Å². The number of halogens is 1. The fourth-order valence-electron chi connectivity index (χ4n) is 2.35. The van der Waals surface area contributed by atoms with Gasteiger partial charge in [-0.3, -0.25) is 4.79 Å². The van der Waals surface area contributed by atoms with Crippen molar-refractivity contribution in [2.75, 3.05) is 26.2 Å². The van der Waals surface area contributed by atoms with Crippen LogP contribution in [0.25, 0.3) is 0 Å². The second-order valence-electron chi connectivity index (χ2n) is 5.32. The van der Waals surface area contributed by atoms with Crippen molar-refractivity contribution < 1.29 is 4.79 Å². The predicted molar refractivity (Wildman–Crippen MR) is 89.8 cm³/mol. The molecule has 0 spiro atoms. The number of hydrogen-bond donors (Lipinski definition) is 1. The maximum Gasteiger partial charge on any atom is 0.221 e. The standard InChI is InChI=1S/C17H27ClN2O/c1-3-11-20(12-4-2)13-9-17(21)19-10-8-15-6-5-7-16(18)14-15/h5-7,14H,3-4,8-13H2,1-2H3,(H,19,21). The van der Waals surface area contributed by atoms with E-state index >= 15 is 0 Å². The molecule has 0 unspecified atom stereocenters. The zero-order valence-electron chi connectivity index (χ0n) is 13.2. The summed E-state index contributed by atoms with van der Waals surface area (Å²) in [6, 6.07) is 7.77. The molecular formula is C17H27ClN2O. The summed E-state index contributed by atoms with van der Waals surface area (Å²) in [7, 11) is 0. The lowest BCUT2D eigenvalue weighted by Crippen LogP contribution is -2.32. The van der Waals surface area contributed by atoms with Crippen LogP contribution >= 0.6 is 11.6 Å². The lowest BCUT2D eigenvalue weighted by atomic mass is 10.1. The molecule has 1 rings (SSSR count). The molecule has 1 N–H and O–H groups in total. The van der Waals surface area contributed by atoms with Gasteiger partial charge < -0.3 is 10.2 Å². The molecule has 3 nitrogen and oxygen atoms in total. The zero-order chi connectivity index (χ0) is 15.5. The molecule has 0 heterocycles. The maximum absolute atomic E-state index is 11.8. The zero-order valence-corrected chi connectivity index (χ0v) is 14.0. The van der Waals surface area contributed by atoms with E-state index in [1.165, 1.54) is 0 Å². The monoisotopic (exact) mass is 310 g/mol. The molecule has 0 aliphatic carbocycles. The second kappa shape index (κ2) is 10.6. The molecule has 118 valence electrons. The van der Waals surface area contributed by atoms with Gasteiger partial charge in [0.05, 0.1) is 0 Å². The maximum atomic E-state index is 11.8. The van der Waals surface area contributed by atoms with Crippen molar-refractivity contribution in [1.29, 1.82) is 0 Å². The Kier molecular flexibility index (Phi) is 9.11. The summed E-state index contributed by atoms with van der Waals surface area (Å²) in [4.78, 5) is 14.2. The Hall–Kier alpha value is -1.06.